The quantitative estimate of drug-likeness (QED) is 0.764. The van der Waals surface area contributed by atoms with Crippen molar-refractivity contribution >= 4 is 27.5 Å². The first-order valence-corrected chi connectivity index (χ1v) is 11.9. The number of aryl methyl sites for hydroxylation is 2. The van der Waals surface area contributed by atoms with Crippen molar-refractivity contribution in [2.45, 2.75) is 45.1 Å². The van der Waals surface area contributed by atoms with E-state index >= 15 is 0 Å². The number of anilines is 2. The van der Waals surface area contributed by atoms with E-state index in [4.69, 9.17) is 4.74 Å². The van der Waals surface area contributed by atoms with Gasteiger partial charge in [-0.3, -0.25) is 4.72 Å². The number of amides is 1. The summed E-state index contributed by atoms with van der Waals surface area (Å²) in [4.78, 5) is 16.4. The van der Waals surface area contributed by atoms with Gasteiger partial charge in [0.25, 0.3) is 10.0 Å². The van der Waals surface area contributed by atoms with Gasteiger partial charge in [0, 0.05) is 26.2 Å². The molecule has 0 radical (unpaired) electrons. The van der Waals surface area contributed by atoms with Crippen molar-refractivity contribution in [1.29, 1.82) is 0 Å². The fourth-order valence-corrected chi connectivity index (χ4v) is 4.89. The smallest absolute Gasteiger partial charge is 0.410 e. The van der Waals surface area contributed by atoms with Crippen molar-refractivity contribution in [3.05, 3.63) is 53.6 Å². The van der Waals surface area contributed by atoms with Gasteiger partial charge in [-0.1, -0.05) is 29.8 Å². The van der Waals surface area contributed by atoms with Crippen LogP contribution in [0.25, 0.3) is 0 Å². The average Bonchev–Trinajstić information content (AvgIpc) is 2.66. The van der Waals surface area contributed by atoms with Crippen LogP contribution < -0.4 is 9.62 Å². The van der Waals surface area contributed by atoms with Gasteiger partial charge in [-0.05, 0) is 58.4 Å². The molecule has 7 nitrogen and oxygen atoms in total. The average molecular weight is 446 g/mol. The van der Waals surface area contributed by atoms with Gasteiger partial charge in [0.2, 0.25) is 0 Å². The number of hydrogen-bond donors (Lipinski definition) is 1. The third kappa shape index (κ3) is 5.70. The molecule has 1 fully saturated rings. The Morgan fingerprint density at radius 3 is 2.26 bits per heavy atom. The highest BCUT2D eigenvalue weighted by Gasteiger charge is 2.27. The van der Waals surface area contributed by atoms with Crippen molar-refractivity contribution in [2.75, 3.05) is 35.8 Å². The van der Waals surface area contributed by atoms with E-state index in [0.717, 1.165) is 11.3 Å². The summed E-state index contributed by atoms with van der Waals surface area (Å²) < 4.78 is 34.3. The minimum atomic E-state index is -3.73. The summed E-state index contributed by atoms with van der Waals surface area (Å²) in [6.07, 6.45) is -0.323. The Morgan fingerprint density at radius 1 is 1.00 bits per heavy atom. The second kappa shape index (κ2) is 8.78. The Balaban J connectivity index is 1.75. The Hall–Kier alpha value is -2.74. The Kier molecular flexibility index (Phi) is 6.50. The van der Waals surface area contributed by atoms with Gasteiger partial charge >= 0.3 is 6.09 Å². The van der Waals surface area contributed by atoms with Crippen LogP contribution >= 0.6 is 0 Å². The molecule has 168 valence electrons. The van der Waals surface area contributed by atoms with Crippen molar-refractivity contribution in [2.24, 2.45) is 0 Å². The zero-order chi connectivity index (χ0) is 22.8. The largest absolute Gasteiger partial charge is 0.444 e. The van der Waals surface area contributed by atoms with E-state index in [-0.39, 0.29) is 11.0 Å². The van der Waals surface area contributed by atoms with Crippen LogP contribution in [-0.2, 0) is 14.8 Å². The van der Waals surface area contributed by atoms with E-state index in [1.54, 1.807) is 36.1 Å². The topological polar surface area (TPSA) is 79.0 Å². The lowest BCUT2D eigenvalue weighted by molar-refractivity contribution is 0.0240. The number of para-hydroxylation sites is 2. The molecule has 0 bridgehead atoms. The molecule has 0 saturated carbocycles. The summed E-state index contributed by atoms with van der Waals surface area (Å²) in [5.41, 5.74) is 2.50. The summed E-state index contributed by atoms with van der Waals surface area (Å²) in [6.45, 7) is 11.5. The minimum absolute atomic E-state index is 0.266. The number of ether oxygens (including phenoxy) is 1. The molecular weight excluding hydrogens is 414 g/mol. The second-order valence-electron chi connectivity index (χ2n) is 8.85. The lowest BCUT2D eigenvalue weighted by atomic mass is 10.2. The van der Waals surface area contributed by atoms with Crippen LogP contribution in [-0.4, -0.2) is 51.2 Å². The molecule has 2 aromatic rings. The highest BCUT2D eigenvalue weighted by molar-refractivity contribution is 7.92. The first kappa shape index (κ1) is 22.9. The summed E-state index contributed by atoms with van der Waals surface area (Å²) in [5.74, 6) is 0. The fraction of sp³-hybridized carbons (Fsp3) is 0.435. The molecular formula is C23H31N3O4S. The van der Waals surface area contributed by atoms with Gasteiger partial charge in [-0.2, -0.15) is 0 Å². The van der Waals surface area contributed by atoms with Crippen LogP contribution in [0.5, 0.6) is 0 Å². The molecule has 8 heteroatoms. The van der Waals surface area contributed by atoms with E-state index in [1.165, 1.54) is 0 Å². The van der Waals surface area contributed by atoms with Crippen LogP contribution in [0.15, 0.2) is 47.4 Å². The molecule has 0 spiro atoms. The minimum Gasteiger partial charge on any atom is -0.444 e. The molecule has 1 heterocycles. The Bertz CT molecular complexity index is 1050. The lowest BCUT2D eigenvalue weighted by Crippen LogP contribution is -2.50. The number of nitrogens with zero attached hydrogens (tertiary/aromatic N) is 2. The van der Waals surface area contributed by atoms with Crippen molar-refractivity contribution in [1.82, 2.24) is 4.90 Å². The maximum Gasteiger partial charge on any atom is 0.410 e. The van der Waals surface area contributed by atoms with Crippen LogP contribution in [0, 0.1) is 13.8 Å². The van der Waals surface area contributed by atoms with Gasteiger partial charge in [-0.15, -0.1) is 0 Å². The van der Waals surface area contributed by atoms with Gasteiger partial charge in [0.15, 0.2) is 0 Å². The fourth-order valence-electron chi connectivity index (χ4n) is 3.59. The molecule has 1 aliphatic rings. The number of rotatable bonds is 4. The second-order valence-corrected chi connectivity index (χ2v) is 10.5. The molecule has 1 amide bonds. The normalized spacial score (nSPS) is 15.0. The third-order valence-corrected chi connectivity index (χ3v) is 6.57. The summed E-state index contributed by atoms with van der Waals surface area (Å²) in [5, 5.41) is 0. The third-order valence-electron chi connectivity index (χ3n) is 5.04. The number of piperazine rings is 1. The summed E-state index contributed by atoms with van der Waals surface area (Å²) in [7, 11) is -3.73. The van der Waals surface area contributed by atoms with E-state index in [1.807, 2.05) is 45.9 Å². The summed E-state index contributed by atoms with van der Waals surface area (Å²) >= 11 is 0. The summed E-state index contributed by atoms with van der Waals surface area (Å²) in [6, 6.07) is 12.6. The van der Waals surface area contributed by atoms with Crippen LogP contribution in [0.2, 0.25) is 0 Å². The first-order chi connectivity index (χ1) is 14.5. The van der Waals surface area contributed by atoms with E-state index in [9.17, 15) is 13.2 Å². The number of hydrogen-bond acceptors (Lipinski definition) is 5. The monoisotopic (exact) mass is 445 g/mol. The lowest BCUT2D eigenvalue weighted by Gasteiger charge is -2.37. The van der Waals surface area contributed by atoms with Crippen LogP contribution in [0.3, 0.4) is 0 Å². The molecule has 3 rings (SSSR count). The highest BCUT2D eigenvalue weighted by atomic mass is 32.2. The van der Waals surface area contributed by atoms with Gasteiger partial charge in [-0.25, -0.2) is 13.2 Å². The van der Waals surface area contributed by atoms with Crippen molar-refractivity contribution in [3.63, 3.8) is 0 Å². The zero-order valence-corrected chi connectivity index (χ0v) is 19.6. The SMILES string of the molecule is Cc1ccc(S(=O)(=O)Nc2ccccc2N2CCN(C(=O)OC(C)(C)C)CC2)c(C)c1. The van der Waals surface area contributed by atoms with Crippen molar-refractivity contribution < 1.29 is 17.9 Å². The van der Waals surface area contributed by atoms with Gasteiger partial charge < -0.3 is 14.5 Å². The zero-order valence-electron chi connectivity index (χ0n) is 18.8. The highest BCUT2D eigenvalue weighted by Crippen LogP contribution is 2.30. The maximum atomic E-state index is 13.0. The molecule has 2 aromatic carbocycles. The number of sulfonamides is 1. The molecule has 0 unspecified atom stereocenters. The molecule has 0 aliphatic carbocycles. The predicted molar refractivity (Wildman–Crippen MR) is 123 cm³/mol. The Labute approximate surface area is 185 Å². The number of benzene rings is 2. The molecule has 0 aromatic heterocycles. The van der Waals surface area contributed by atoms with E-state index in [2.05, 4.69) is 9.62 Å². The number of nitrogens with one attached hydrogen (secondary N) is 1. The van der Waals surface area contributed by atoms with Crippen LogP contribution in [0.1, 0.15) is 31.9 Å². The predicted octanol–water partition coefficient (Wildman–Crippen LogP) is 4.16. The van der Waals surface area contributed by atoms with E-state index < -0.39 is 15.6 Å². The Morgan fingerprint density at radius 2 is 1.65 bits per heavy atom. The first-order valence-electron chi connectivity index (χ1n) is 10.4. The van der Waals surface area contributed by atoms with Gasteiger partial charge in [0.05, 0.1) is 16.3 Å². The molecule has 31 heavy (non-hydrogen) atoms. The maximum absolute atomic E-state index is 13.0. The standard InChI is InChI=1S/C23H31N3O4S/c1-17-10-11-21(18(2)16-17)31(28,29)24-19-8-6-7-9-20(19)25-12-14-26(15-13-25)22(27)30-23(3,4)5/h6-11,16,24H,12-15H2,1-5H3. The van der Waals surface area contributed by atoms with Crippen LogP contribution in [0.4, 0.5) is 16.2 Å². The molecule has 1 saturated heterocycles. The van der Waals surface area contributed by atoms with E-state index in [0.29, 0.717) is 37.4 Å². The molecule has 1 aliphatic heterocycles. The number of carbonyl (C=O) groups is 1. The van der Waals surface area contributed by atoms with Crippen molar-refractivity contribution in [3.8, 4) is 0 Å². The van der Waals surface area contributed by atoms with Gasteiger partial charge in [0.1, 0.15) is 5.60 Å². The molecule has 0 atom stereocenters. The molecule has 1 N–H and O–H groups in total. The number of carbonyl (C=O) groups excluding carboxylic acids is 1.